The molecule has 3 rings (SSSR count). The summed E-state index contributed by atoms with van der Waals surface area (Å²) in [5.41, 5.74) is 1.29. The van der Waals surface area contributed by atoms with Gasteiger partial charge in [0, 0.05) is 27.3 Å². The van der Waals surface area contributed by atoms with Crippen LogP contribution in [0.3, 0.4) is 0 Å². The molecule has 0 atom stereocenters. The Balaban J connectivity index is 2.25. The fraction of sp³-hybridized carbons (Fsp3) is 0.176. The van der Waals surface area contributed by atoms with Crippen LogP contribution < -0.4 is 11.2 Å². The van der Waals surface area contributed by atoms with Crippen molar-refractivity contribution in [2.75, 3.05) is 0 Å². The van der Waals surface area contributed by atoms with Crippen molar-refractivity contribution < 1.29 is 0 Å². The van der Waals surface area contributed by atoms with E-state index in [0.29, 0.717) is 5.82 Å². The second-order valence-electron chi connectivity index (χ2n) is 5.50. The summed E-state index contributed by atoms with van der Waals surface area (Å²) >= 11 is 0. The quantitative estimate of drug-likeness (QED) is 0.660. The molecular weight excluding hydrogens is 306 g/mol. The van der Waals surface area contributed by atoms with Crippen LogP contribution in [0.15, 0.2) is 40.1 Å². The van der Waals surface area contributed by atoms with Crippen molar-refractivity contribution in [3.05, 3.63) is 62.7 Å². The first-order chi connectivity index (χ1) is 11.4. The minimum absolute atomic E-state index is 0.253. The van der Waals surface area contributed by atoms with E-state index in [-0.39, 0.29) is 11.1 Å². The maximum Gasteiger partial charge on any atom is 0.330 e. The van der Waals surface area contributed by atoms with E-state index in [1.165, 1.54) is 23.9 Å². The molecule has 0 bridgehead atoms. The molecule has 7 heteroatoms. The lowest BCUT2D eigenvalue weighted by molar-refractivity contribution is 0.683. The molecule has 0 saturated heterocycles. The fourth-order valence-corrected chi connectivity index (χ4v) is 2.62. The van der Waals surface area contributed by atoms with Crippen LogP contribution in [-0.2, 0) is 21.1 Å². The highest BCUT2D eigenvalue weighted by atomic mass is 16.2. The fourth-order valence-electron chi connectivity index (χ4n) is 2.62. The Bertz CT molecular complexity index is 1140. The first-order valence-electron chi connectivity index (χ1n) is 7.24. The molecule has 1 aromatic carbocycles. The lowest BCUT2D eigenvalue weighted by Gasteiger charge is -2.04. The van der Waals surface area contributed by atoms with Crippen molar-refractivity contribution in [2.45, 2.75) is 0 Å². The number of aryl methyl sites for hydroxylation is 2. The van der Waals surface area contributed by atoms with E-state index in [1.54, 1.807) is 11.6 Å². The first kappa shape index (κ1) is 15.5. The number of hydrogen-bond donors (Lipinski definition) is 0. The summed E-state index contributed by atoms with van der Waals surface area (Å²) in [6, 6.07) is 9.63. The van der Waals surface area contributed by atoms with E-state index < -0.39 is 11.2 Å². The van der Waals surface area contributed by atoms with Gasteiger partial charge in [-0.2, -0.15) is 5.26 Å². The highest BCUT2D eigenvalue weighted by Crippen LogP contribution is 2.21. The second-order valence-corrected chi connectivity index (χ2v) is 5.50. The number of hydrogen-bond acceptors (Lipinski definition) is 4. The van der Waals surface area contributed by atoms with Gasteiger partial charge in [-0.3, -0.25) is 9.36 Å². The molecule has 3 aromatic rings. The minimum Gasteiger partial charge on any atom is -0.327 e. The van der Waals surface area contributed by atoms with Crippen molar-refractivity contribution in [1.82, 2.24) is 18.7 Å². The Morgan fingerprint density at radius 3 is 2.54 bits per heavy atom. The zero-order valence-electron chi connectivity index (χ0n) is 13.5. The Labute approximate surface area is 137 Å². The molecule has 0 aliphatic rings. The van der Waals surface area contributed by atoms with Crippen LogP contribution in [0.25, 0.3) is 22.7 Å². The monoisotopic (exact) mass is 321 g/mol. The third-order valence-corrected chi connectivity index (χ3v) is 3.92. The highest BCUT2D eigenvalue weighted by molar-refractivity contribution is 5.90. The molecule has 0 saturated carbocycles. The van der Waals surface area contributed by atoms with Crippen molar-refractivity contribution in [2.24, 2.45) is 21.1 Å². The number of fused-ring (bicyclic) bond motifs is 1. The van der Waals surface area contributed by atoms with Crippen LogP contribution >= 0.6 is 0 Å². The van der Waals surface area contributed by atoms with Crippen LogP contribution in [0.5, 0.6) is 0 Å². The van der Waals surface area contributed by atoms with Crippen molar-refractivity contribution in [3.8, 4) is 6.07 Å². The number of nitrogens with zero attached hydrogens (tertiary/aromatic N) is 5. The minimum atomic E-state index is -0.454. The maximum atomic E-state index is 12.3. The highest BCUT2D eigenvalue weighted by Gasteiger charge is 2.13. The van der Waals surface area contributed by atoms with Crippen molar-refractivity contribution >= 4 is 22.7 Å². The van der Waals surface area contributed by atoms with E-state index in [9.17, 15) is 14.9 Å². The molecule has 24 heavy (non-hydrogen) atoms. The van der Waals surface area contributed by atoms with Crippen LogP contribution in [0, 0.1) is 11.3 Å². The number of nitriles is 1. The van der Waals surface area contributed by atoms with Crippen molar-refractivity contribution in [3.63, 3.8) is 0 Å². The van der Waals surface area contributed by atoms with Gasteiger partial charge in [0.25, 0.3) is 5.56 Å². The lowest BCUT2D eigenvalue weighted by Crippen LogP contribution is -2.37. The van der Waals surface area contributed by atoms with Crippen LogP contribution in [0.4, 0.5) is 0 Å². The van der Waals surface area contributed by atoms with Gasteiger partial charge in [-0.25, -0.2) is 9.78 Å². The first-order valence-corrected chi connectivity index (χ1v) is 7.24. The van der Waals surface area contributed by atoms with Gasteiger partial charge in [-0.05, 0) is 18.2 Å². The predicted molar refractivity (Wildman–Crippen MR) is 91.1 cm³/mol. The van der Waals surface area contributed by atoms with E-state index in [0.717, 1.165) is 15.6 Å². The van der Waals surface area contributed by atoms with Crippen LogP contribution in [-0.4, -0.2) is 18.7 Å². The summed E-state index contributed by atoms with van der Waals surface area (Å²) < 4.78 is 4.11. The zero-order valence-corrected chi connectivity index (χ0v) is 13.5. The molecule has 2 aromatic heterocycles. The summed E-state index contributed by atoms with van der Waals surface area (Å²) in [5.74, 6) is 0.467. The molecule has 0 aliphatic carbocycles. The number of para-hydroxylation sites is 2. The Hall–Kier alpha value is -3.40. The van der Waals surface area contributed by atoms with E-state index in [4.69, 9.17) is 0 Å². The Morgan fingerprint density at radius 1 is 1.17 bits per heavy atom. The Morgan fingerprint density at radius 2 is 1.88 bits per heavy atom. The largest absolute Gasteiger partial charge is 0.330 e. The molecular formula is C17H15N5O2. The molecule has 0 radical (unpaired) electrons. The molecule has 120 valence electrons. The summed E-state index contributed by atoms with van der Waals surface area (Å²) in [4.78, 5) is 28.5. The van der Waals surface area contributed by atoms with Gasteiger partial charge in [0.15, 0.2) is 5.82 Å². The topological polar surface area (TPSA) is 85.6 Å². The number of imidazole rings is 1. The van der Waals surface area contributed by atoms with Gasteiger partial charge in [0.1, 0.15) is 6.07 Å². The van der Waals surface area contributed by atoms with Gasteiger partial charge < -0.3 is 9.13 Å². The van der Waals surface area contributed by atoms with Gasteiger partial charge in [-0.1, -0.05) is 12.1 Å². The number of rotatable bonds is 2. The van der Waals surface area contributed by atoms with Crippen LogP contribution in [0.2, 0.25) is 0 Å². The molecule has 0 unspecified atom stereocenters. The molecule has 0 N–H and O–H groups in total. The number of aromatic nitrogens is 4. The summed E-state index contributed by atoms with van der Waals surface area (Å²) in [7, 11) is 4.78. The number of benzene rings is 1. The second kappa shape index (κ2) is 5.66. The predicted octanol–water partition coefficient (Wildman–Crippen LogP) is 1.03. The summed E-state index contributed by atoms with van der Waals surface area (Å²) in [5, 5.41) is 9.53. The van der Waals surface area contributed by atoms with Gasteiger partial charge >= 0.3 is 5.69 Å². The van der Waals surface area contributed by atoms with Gasteiger partial charge in [0.2, 0.25) is 0 Å². The number of allylic oxidation sites excluding steroid dienone is 1. The zero-order chi connectivity index (χ0) is 17.4. The SMILES string of the molecule is Cn1cc(/C=C(\C#N)c2nc3ccccc3n2C)c(=O)n(C)c1=O. The van der Waals surface area contributed by atoms with Gasteiger partial charge in [0.05, 0.1) is 22.2 Å². The molecule has 0 aliphatic heterocycles. The average molecular weight is 321 g/mol. The third-order valence-electron chi connectivity index (χ3n) is 3.92. The molecule has 0 spiro atoms. The third kappa shape index (κ3) is 2.34. The van der Waals surface area contributed by atoms with Crippen LogP contribution in [0.1, 0.15) is 11.4 Å². The van der Waals surface area contributed by atoms with Gasteiger partial charge in [-0.15, -0.1) is 0 Å². The Kier molecular flexibility index (Phi) is 3.66. The molecule has 0 fully saturated rings. The molecule has 7 nitrogen and oxygen atoms in total. The van der Waals surface area contributed by atoms with Crippen molar-refractivity contribution in [1.29, 1.82) is 5.26 Å². The smallest absolute Gasteiger partial charge is 0.327 e. The van der Waals surface area contributed by atoms with E-state index in [2.05, 4.69) is 11.1 Å². The van der Waals surface area contributed by atoms with E-state index >= 15 is 0 Å². The average Bonchev–Trinajstić information content (AvgIpc) is 2.92. The molecule has 2 heterocycles. The summed E-state index contributed by atoms with van der Waals surface area (Å²) in [6.07, 6.45) is 2.88. The maximum absolute atomic E-state index is 12.3. The standard InChI is InChI=1S/C17H15N5O2/c1-20-10-12(16(23)22(3)17(20)24)8-11(9-18)15-19-13-6-4-5-7-14(13)21(15)2/h4-8,10H,1-3H3/b11-8+. The van der Waals surface area contributed by atoms with E-state index in [1.807, 2.05) is 31.3 Å². The normalized spacial score (nSPS) is 11.7. The summed E-state index contributed by atoms with van der Waals surface area (Å²) in [6.45, 7) is 0. The lowest BCUT2D eigenvalue weighted by atomic mass is 10.2. The molecule has 0 amide bonds.